The number of fused-ring (bicyclic) bond motifs is 4. The average molecular weight is 391 g/mol. The molecule has 0 unspecified atom stereocenters. The Morgan fingerprint density at radius 2 is 1.70 bits per heavy atom. The van der Waals surface area contributed by atoms with Crippen LogP contribution in [0, 0.1) is 0 Å². The van der Waals surface area contributed by atoms with Crippen LogP contribution in [0.4, 0.5) is 11.5 Å². The minimum absolute atomic E-state index is 0.693. The van der Waals surface area contributed by atoms with E-state index < -0.39 is 0 Å². The van der Waals surface area contributed by atoms with E-state index >= 15 is 0 Å². The van der Waals surface area contributed by atoms with Crippen LogP contribution in [0.15, 0.2) is 67.0 Å². The fraction of sp³-hybridized carbons (Fsp3) is 0.160. The van der Waals surface area contributed by atoms with E-state index in [1.807, 2.05) is 30.3 Å². The first-order valence-electron chi connectivity index (χ1n) is 10.4. The molecule has 1 aliphatic carbocycles. The maximum absolute atomic E-state index is 4.86. The lowest BCUT2D eigenvalue weighted by Crippen LogP contribution is -2.00. The third kappa shape index (κ3) is 2.90. The first kappa shape index (κ1) is 17.2. The highest BCUT2D eigenvalue weighted by atomic mass is 15.0. The van der Waals surface area contributed by atoms with Crippen molar-refractivity contribution in [3.63, 3.8) is 0 Å². The highest BCUT2D eigenvalue weighted by Crippen LogP contribution is 2.33. The largest absolute Gasteiger partial charge is 0.358 e. The van der Waals surface area contributed by atoms with Crippen molar-refractivity contribution in [2.24, 2.45) is 0 Å². The third-order valence-electron chi connectivity index (χ3n) is 5.90. The summed E-state index contributed by atoms with van der Waals surface area (Å²) in [6.07, 6.45) is 8.38. The predicted molar refractivity (Wildman–Crippen MR) is 121 cm³/mol. The summed E-state index contributed by atoms with van der Waals surface area (Å²) in [6.45, 7) is 0. The minimum atomic E-state index is 0.693. The number of hydrogen-bond donors (Lipinski definition) is 2. The number of rotatable bonds is 3. The molecule has 0 spiro atoms. The van der Waals surface area contributed by atoms with Gasteiger partial charge in [0.25, 0.3) is 0 Å². The fourth-order valence-electron chi connectivity index (χ4n) is 4.42. The average Bonchev–Trinajstić information content (AvgIpc) is 3.18. The Morgan fingerprint density at radius 1 is 0.833 bits per heavy atom. The van der Waals surface area contributed by atoms with Crippen LogP contribution in [0.2, 0.25) is 0 Å². The van der Waals surface area contributed by atoms with Crippen molar-refractivity contribution in [1.29, 1.82) is 0 Å². The maximum atomic E-state index is 4.86. The van der Waals surface area contributed by atoms with E-state index in [2.05, 4.69) is 39.6 Å². The Kier molecular flexibility index (Phi) is 3.98. The Hall–Kier alpha value is -3.73. The lowest BCUT2D eigenvalue weighted by molar-refractivity contribution is 0.680. The van der Waals surface area contributed by atoms with Crippen LogP contribution in [0.5, 0.6) is 0 Å². The molecule has 0 saturated carbocycles. The van der Waals surface area contributed by atoms with Gasteiger partial charge in [-0.05, 0) is 73.7 Å². The van der Waals surface area contributed by atoms with E-state index in [9.17, 15) is 0 Å². The van der Waals surface area contributed by atoms with Crippen LogP contribution in [-0.2, 0) is 12.8 Å². The first-order chi connectivity index (χ1) is 14.8. The number of aromatic nitrogens is 4. The number of hydrogen-bond acceptors (Lipinski definition) is 4. The van der Waals surface area contributed by atoms with E-state index in [1.54, 1.807) is 12.4 Å². The molecule has 5 nitrogen and oxygen atoms in total. The molecule has 5 heteroatoms. The van der Waals surface area contributed by atoms with Gasteiger partial charge in [-0.25, -0.2) is 9.97 Å². The number of para-hydroxylation sites is 1. The molecular formula is C25H21N5. The zero-order valence-corrected chi connectivity index (χ0v) is 16.5. The highest BCUT2D eigenvalue weighted by molar-refractivity contribution is 5.94. The summed E-state index contributed by atoms with van der Waals surface area (Å²) in [5, 5.41) is 5.89. The number of H-pyrrole nitrogens is 1. The Morgan fingerprint density at radius 3 is 2.63 bits per heavy atom. The topological polar surface area (TPSA) is 66.5 Å². The molecule has 5 aromatic rings. The number of nitrogens with zero attached hydrogens (tertiary/aromatic N) is 3. The van der Waals surface area contributed by atoms with Crippen molar-refractivity contribution in [3.8, 4) is 11.4 Å². The molecular weight excluding hydrogens is 370 g/mol. The number of aryl methyl sites for hydroxylation is 2. The van der Waals surface area contributed by atoms with Crippen LogP contribution in [0.25, 0.3) is 33.2 Å². The number of aromatic amines is 1. The van der Waals surface area contributed by atoms with Crippen LogP contribution in [-0.4, -0.2) is 19.9 Å². The summed E-state index contributed by atoms with van der Waals surface area (Å²) in [5.74, 6) is 1.51. The lowest BCUT2D eigenvalue weighted by atomic mass is 9.95. The molecule has 0 bridgehead atoms. The zero-order valence-electron chi connectivity index (χ0n) is 16.5. The van der Waals surface area contributed by atoms with Gasteiger partial charge in [-0.3, -0.25) is 4.98 Å². The highest BCUT2D eigenvalue weighted by Gasteiger charge is 2.16. The smallest absolute Gasteiger partial charge is 0.162 e. The molecule has 146 valence electrons. The normalized spacial score (nSPS) is 13.5. The molecule has 6 rings (SSSR count). The predicted octanol–water partition coefficient (Wildman–Crippen LogP) is 5.80. The van der Waals surface area contributed by atoms with Gasteiger partial charge in [0.15, 0.2) is 5.82 Å². The first-order valence-corrected chi connectivity index (χ1v) is 10.4. The quantitative estimate of drug-likeness (QED) is 0.408. The molecule has 30 heavy (non-hydrogen) atoms. The molecule has 2 aromatic carbocycles. The van der Waals surface area contributed by atoms with Gasteiger partial charge in [-0.1, -0.05) is 12.1 Å². The van der Waals surface area contributed by atoms with Crippen LogP contribution >= 0.6 is 0 Å². The standard InChI is InChI=1S/C25H21N5/c1-3-7-21-18(5-1)20-15-17(9-10-23(20)28-21)27-25-19-6-2-4-8-22(19)29-24(30-25)16-11-13-26-14-12-16/h2,4,6,8-15,28H,1,3,5,7H2,(H,27,29,30). The molecule has 0 atom stereocenters. The monoisotopic (exact) mass is 391 g/mol. The summed E-state index contributed by atoms with van der Waals surface area (Å²) in [4.78, 5) is 17.3. The summed E-state index contributed by atoms with van der Waals surface area (Å²) < 4.78 is 0. The van der Waals surface area contributed by atoms with Gasteiger partial charge >= 0.3 is 0 Å². The number of nitrogens with one attached hydrogen (secondary N) is 2. The minimum Gasteiger partial charge on any atom is -0.358 e. The van der Waals surface area contributed by atoms with Gasteiger partial charge in [0, 0.05) is 45.6 Å². The van der Waals surface area contributed by atoms with Gasteiger partial charge in [-0.2, -0.15) is 0 Å². The third-order valence-corrected chi connectivity index (χ3v) is 5.90. The van der Waals surface area contributed by atoms with Crippen molar-refractivity contribution >= 4 is 33.3 Å². The van der Waals surface area contributed by atoms with Crippen LogP contribution in [0.1, 0.15) is 24.1 Å². The molecule has 3 heterocycles. The number of benzene rings is 2. The van der Waals surface area contributed by atoms with Crippen LogP contribution in [0.3, 0.4) is 0 Å². The van der Waals surface area contributed by atoms with Gasteiger partial charge in [0.2, 0.25) is 0 Å². The van der Waals surface area contributed by atoms with Crippen molar-refractivity contribution < 1.29 is 0 Å². The van der Waals surface area contributed by atoms with E-state index in [4.69, 9.17) is 9.97 Å². The molecule has 3 aromatic heterocycles. The van der Waals surface area contributed by atoms with Crippen molar-refractivity contribution in [1.82, 2.24) is 19.9 Å². The van der Waals surface area contributed by atoms with Gasteiger partial charge in [0.1, 0.15) is 5.82 Å². The Labute approximate surface area is 174 Å². The summed E-state index contributed by atoms with van der Waals surface area (Å²) in [7, 11) is 0. The maximum Gasteiger partial charge on any atom is 0.162 e. The second-order valence-corrected chi connectivity index (χ2v) is 7.82. The van der Waals surface area contributed by atoms with Gasteiger partial charge in [-0.15, -0.1) is 0 Å². The van der Waals surface area contributed by atoms with Crippen molar-refractivity contribution in [3.05, 3.63) is 78.2 Å². The second kappa shape index (κ2) is 6.95. The lowest BCUT2D eigenvalue weighted by Gasteiger charge is -2.12. The van der Waals surface area contributed by atoms with Gasteiger partial charge < -0.3 is 10.3 Å². The molecule has 2 N–H and O–H groups in total. The van der Waals surface area contributed by atoms with E-state index in [0.29, 0.717) is 5.82 Å². The summed E-state index contributed by atoms with van der Waals surface area (Å²) in [6, 6.07) is 18.5. The molecule has 0 amide bonds. The molecule has 0 saturated heterocycles. The van der Waals surface area contributed by atoms with Crippen LogP contribution < -0.4 is 5.32 Å². The molecule has 0 radical (unpaired) electrons. The summed E-state index contributed by atoms with van der Waals surface area (Å²) in [5.41, 5.74) is 7.01. The fourth-order valence-corrected chi connectivity index (χ4v) is 4.42. The van der Waals surface area contributed by atoms with E-state index in [1.165, 1.54) is 35.0 Å². The van der Waals surface area contributed by atoms with E-state index in [-0.39, 0.29) is 0 Å². The Bertz CT molecular complexity index is 1370. The van der Waals surface area contributed by atoms with Gasteiger partial charge in [0.05, 0.1) is 5.52 Å². The van der Waals surface area contributed by atoms with Crippen molar-refractivity contribution in [2.75, 3.05) is 5.32 Å². The van der Waals surface area contributed by atoms with Crippen molar-refractivity contribution in [2.45, 2.75) is 25.7 Å². The SMILES string of the molecule is c1ccc2c(Nc3ccc4[nH]c5c(c4c3)CCCC5)nc(-c3ccncc3)nc2c1. The molecule has 1 aliphatic rings. The molecule has 0 aliphatic heterocycles. The Balaban J connectivity index is 1.46. The zero-order chi connectivity index (χ0) is 19.9. The second-order valence-electron chi connectivity index (χ2n) is 7.82. The number of pyridine rings is 1. The van der Waals surface area contributed by atoms with E-state index in [0.717, 1.165) is 40.8 Å². The summed E-state index contributed by atoms with van der Waals surface area (Å²) >= 11 is 0. The molecule has 0 fully saturated rings. The number of anilines is 2.